The van der Waals surface area contributed by atoms with Crippen LogP contribution in [0.1, 0.15) is 5.56 Å². The van der Waals surface area contributed by atoms with Crippen LogP contribution in [0, 0.1) is 12.7 Å². The maximum absolute atomic E-state index is 13.2. The van der Waals surface area contributed by atoms with E-state index in [0.717, 1.165) is 0 Å². The fraction of sp³-hybridized carbons (Fsp3) is 0.0769. The van der Waals surface area contributed by atoms with Crippen molar-refractivity contribution in [1.82, 2.24) is 10.3 Å². The van der Waals surface area contributed by atoms with Gasteiger partial charge in [0.2, 0.25) is 0 Å². The van der Waals surface area contributed by atoms with Crippen molar-refractivity contribution >= 4 is 16.7 Å². The van der Waals surface area contributed by atoms with Gasteiger partial charge in [0, 0.05) is 0 Å². The molecule has 0 aliphatic heterocycles. The molecule has 5 nitrogen and oxygen atoms in total. The molecule has 3 rings (SSSR count). The minimum atomic E-state index is -0.280. The summed E-state index contributed by atoms with van der Waals surface area (Å²) >= 11 is 0. The van der Waals surface area contributed by atoms with Crippen LogP contribution in [-0.2, 0) is 0 Å². The normalized spacial score (nSPS) is 10.8. The van der Waals surface area contributed by atoms with E-state index in [9.17, 15) is 4.39 Å². The van der Waals surface area contributed by atoms with Crippen LogP contribution in [0.4, 0.5) is 10.1 Å². The van der Waals surface area contributed by atoms with Crippen molar-refractivity contribution in [1.29, 1.82) is 0 Å². The van der Waals surface area contributed by atoms with Crippen LogP contribution in [0.3, 0.4) is 0 Å². The molecule has 0 spiro atoms. The van der Waals surface area contributed by atoms with Gasteiger partial charge in [-0.2, -0.15) is 0 Å². The van der Waals surface area contributed by atoms with E-state index in [1.54, 1.807) is 25.1 Å². The van der Waals surface area contributed by atoms with E-state index in [0.29, 0.717) is 33.8 Å². The van der Waals surface area contributed by atoms with Crippen LogP contribution in [0.2, 0.25) is 0 Å². The third-order valence-electron chi connectivity index (χ3n) is 2.77. The van der Waals surface area contributed by atoms with Crippen molar-refractivity contribution in [3.05, 3.63) is 41.7 Å². The van der Waals surface area contributed by atoms with Crippen molar-refractivity contribution in [3.8, 4) is 11.5 Å². The summed E-state index contributed by atoms with van der Waals surface area (Å²) in [5, 5.41) is 7.45. The van der Waals surface area contributed by atoms with E-state index in [2.05, 4.69) is 14.9 Å². The first-order valence-corrected chi connectivity index (χ1v) is 5.60. The van der Waals surface area contributed by atoms with Crippen LogP contribution >= 0.6 is 0 Å². The van der Waals surface area contributed by atoms with Gasteiger partial charge in [-0.25, -0.2) is 9.02 Å². The topological polar surface area (TPSA) is 74.2 Å². The quantitative estimate of drug-likeness (QED) is 0.716. The maximum atomic E-state index is 13.2. The summed E-state index contributed by atoms with van der Waals surface area (Å²) in [5.74, 6) is 0.683. The summed E-state index contributed by atoms with van der Waals surface area (Å²) in [4.78, 5) is 0. The van der Waals surface area contributed by atoms with Gasteiger partial charge in [-0.3, -0.25) is 0 Å². The van der Waals surface area contributed by atoms with Gasteiger partial charge in [0.25, 0.3) is 0 Å². The lowest BCUT2D eigenvalue weighted by atomic mass is 10.2. The van der Waals surface area contributed by atoms with Gasteiger partial charge in [0.1, 0.15) is 11.6 Å². The average molecular weight is 259 g/mol. The number of hydrogen-bond acceptors (Lipinski definition) is 5. The summed E-state index contributed by atoms with van der Waals surface area (Å²) in [5.41, 5.74) is 7.57. The number of anilines is 1. The van der Waals surface area contributed by atoms with Gasteiger partial charge in [-0.05, 0) is 53.1 Å². The van der Waals surface area contributed by atoms with E-state index in [4.69, 9.17) is 10.5 Å². The summed E-state index contributed by atoms with van der Waals surface area (Å²) in [6, 6.07) is 7.81. The Morgan fingerprint density at radius 1 is 1.16 bits per heavy atom. The molecule has 0 aliphatic carbocycles. The Labute approximate surface area is 107 Å². The van der Waals surface area contributed by atoms with Crippen molar-refractivity contribution < 1.29 is 13.8 Å². The largest absolute Gasteiger partial charge is 0.455 e. The molecule has 6 heteroatoms. The molecule has 1 heterocycles. The van der Waals surface area contributed by atoms with E-state index in [1.165, 1.54) is 12.1 Å². The summed E-state index contributed by atoms with van der Waals surface area (Å²) in [6.45, 7) is 1.67. The number of nitrogens with zero attached hydrogens (tertiary/aromatic N) is 2. The zero-order valence-corrected chi connectivity index (χ0v) is 10.1. The number of nitrogens with two attached hydrogens (primary N) is 1. The highest BCUT2D eigenvalue weighted by molar-refractivity contribution is 5.90. The number of hydrogen-bond donors (Lipinski definition) is 1. The monoisotopic (exact) mass is 259 g/mol. The minimum absolute atomic E-state index is 0.280. The zero-order valence-electron chi connectivity index (χ0n) is 10.1. The molecule has 0 fully saturated rings. The van der Waals surface area contributed by atoms with Gasteiger partial charge in [0.05, 0.1) is 5.69 Å². The SMILES string of the molecule is Cc1cc(Oc2ccc(N)c3nonc23)ccc1F. The summed E-state index contributed by atoms with van der Waals surface area (Å²) in [7, 11) is 0. The number of aryl methyl sites for hydroxylation is 1. The lowest BCUT2D eigenvalue weighted by molar-refractivity contribution is 0.314. The Kier molecular flexibility index (Phi) is 2.56. The van der Waals surface area contributed by atoms with Crippen molar-refractivity contribution in [3.63, 3.8) is 0 Å². The molecule has 96 valence electrons. The zero-order chi connectivity index (χ0) is 13.4. The van der Waals surface area contributed by atoms with Gasteiger partial charge in [0.15, 0.2) is 16.8 Å². The second kappa shape index (κ2) is 4.24. The number of fused-ring (bicyclic) bond motifs is 1. The van der Waals surface area contributed by atoms with Crippen molar-refractivity contribution in [2.45, 2.75) is 6.92 Å². The fourth-order valence-corrected chi connectivity index (χ4v) is 1.75. The van der Waals surface area contributed by atoms with Gasteiger partial charge < -0.3 is 10.5 Å². The van der Waals surface area contributed by atoms with Crippen LogP contribution in [0.25, 0.3) is 11.0 Å². The number of benzene rings is 2. The number of halogens is 1. The Bertz CT molecular complexity index is 755. The third-order valence-corrected chi connectivity index (χ3v) is 2.77. The standard InChI is InChI=1S/C13H10FN3O2/c1-7-6-8(2-3-9(7)14)18-11-5-4-10(15)12-13(11)17-19-16-12/h2-6H,15H2,1H3. The number of aromatic nitrogens is 2. The molecule has 19 heavy (non-hydrogen) atoms. The van der Waals surface area contributed by atoms with Crippen molar-refractivity contribution in [2.75, 3.05) is 5.73 Å². The summed E-state index contributed by atoms with van der Waals surface area (Å²) in [6.07, 6.45) is 0. The first-order valence-electron chi connectivity index (χ1n) is 5.60. The van der Waals surface area contributed by atoms with Gasteiger partial charge in [-0.15, -0.1) is 0 Å². The predicted molar refractivity (Wildman–Crippen MR) is 67.4 cm³/mol. The molecular formula is C13H10FN3O2. The molecule has 1 aromatic heterocycles. The van der Waals surface area contributed by atoms with Crippen LogP contribution in [0.5, 0.6) is 11.5 Å². The van der Waals surface area contributed by atoms with Crippen LogP contribution in [0.15, 0.2) is 35.0 Å². The van der Waals surface area contributed by atoms with Gasteiger partial charge >= 0.3 is 0 Å². The number of rotatable bonds is 2. The second-order valence-electron chi connectivity index (χ2n) is 4.13. The highest BCUT2D eigenvalue weighted by Crippen LogP contribution is 2.31. The maximum Gasteiger partial charge on any atom is 0.179 e. The molecule has 0 saturated heterocycles. The Hall–Kier alpha value is -2.63. The predicted octanol–water partition coefficient (Wildman–Crippen LogP) is 3.04. The van der Waals surface area contributed by atoms with Gasteiger partial charge in [-0.1, -0.05) is 0 Å². The molecule has 0 aliphatic rings. The molecule has 0 unspecified atom stereocenters. The molecule has 0 atom stereocenters. The Morgan fingerprint density at radius 3 is 2.74 bits per heavy atom. The fourth-order valence-electron chi connectivity index (χ4n) is 1.75. The highest BCUT2D eigenvalue weighted by Gasteiger charge is 2.12. The third kappa shape index (κ3) is 1.97. The molecule has 0 radical (unpaired) electrons. The van der Waals surface area contributed by atoms with E-state index < -0.39 is 0 Å². The molecule has 2 N–H and O–H groups in total. The average Bonchev–Trinajstić information content (AvgIpc) is 2.87. The number of ether oxygens (including phenoxy) is 1. The number of nitrogen functional groups attached to an aromatic ring is 1. The lowest BCUT2D eigenvalue weighted by Gasteiger charge is -2.07. The van der Waals surface area contributed by atoms with E-state index in [1.807, 2.05) is 0 Å². The Balaban J connectivity index is 2.03. The molecule has 0 amide bonds. The molecule has 2 aromatic carbocycles. The van der Waals surface area contributed by atoms with E-state index in [-0.39, 0.29) is 5.82 Å². The first kappa shape index (κ1) is 11.5. The van der Waals surface area contributed by atoms with Crippen LogP contribution in [-0.4, -0.2) is 10.3 Å². The second-order valence-corrected chi connectivity index (χ2v) is 4.13. The molecular weight excluding hydrogens is 249 g/mol. The van der Waals surface area contributed by atoms with Crippen LogP contribution < -0.4 is 10.5 Å². The lowest BCUT2D eigenvalue weighted by Crippen LogP contribution is -1.91. The smallest absolute Gasteiger partial charge is 0.179 e. The Morgan fingerprint density at radius 2 is 1.95 bits per heavy atom. The molecule has 3 aromatic rings. The minimum Gasteiger partial charge on any atom is -0.455 e. The van der Waals surface area contributed by atoms with E-state index >= 15 is 0 Å². The molecule has 0 bridgehead atoms. The summed E-state index contributed by atoms with van der Waals surface area (Å²) < 4.78 is 23.5. The molecule has 0 saturated carbocycles. The van der Waals surface area contributed by atoms with Crippen molar-refractivity contribution in [2.24, 2.45) is 0 Å². The highest BCUT2D eigenvalue weighted by atomic mass is 19.1. The first-order chi connectivity index (χ1) is 9.15.